The van der Waals surface area contributed by atoms with Crippen molar-refractivity contribution in [3.63, 3.8) is 0 Å². The molecule has 1 atom stereocenters. The summed E-state index contributed by atoms with van der Waals surface area (Å²) in [5.74, 6) is 0. The average Bonchev–Trinajstić information content (AvgIpc) is 2.27. The van der Waals surface area contributed by atoms with Crippen molar-refractivity contribution >= 4 is 5.57 Å². The zero-order chi connectivity index (χ0) is 11.1. The lowest BCUT2D eigenvalue weighted by molar-refractivity contribution is 0.209. The maximum absolute atomic E-state index is 9.74. The zero-order valence-corrected chi connectivity index (χ0v) is 9.61. The third-order valence-electron chi connectivity index (χ3n) is 2.52. The fourth-order valence-corrected chi connectivity index (χ4v) is 1.58. The second-order valence-electron chi connectivity index (χ2n) is 3.93. The first-order valence-corrected chi connectivity index (χ1v) is 5.66. The Morgan fingerprint density at radius 2 is 2.00 bits per heavy atom. The third-order valence-corrected chi connectivity index (χ3v) is 2.52. The summed E-state index contributed by atoms with van der Waals surface area (Å²) in [6, 6.07) is 10.2. The van der Waals surface area contributed by atoms with Crippen LogP contribution < -0.4 is 0 Å². The maximum Gasteiger partial charge on any atom is 0.0726 e. The first kappa shape index (κ1) is 12.0. The minimum Gasteiger partial charge on any atom is -0.389 e. The summed E-state index contributed by atoms with van der Waals surface area (Å²) >= 11 is 0. The summed E-state index contributed by atoms with van der Waals surface area (Å²) in [5, 5.41) is 9.74. The van der Waals surface area contributed by atoms with Crippen LogP contribution in [0.4, 0.5) is 0 Å². The molecule has 82 valence electrons. The van der Waals surface area contributed by atoms with Crippen molar-refractivity contribution in [1.29, 1.82) is 0 Å². The Balaban J connectivity index is 2.59. The lowest BCUT2D eigenvalue weighted by Crippen LogP contribution is -2.02. The SMILES string of the molecule is CCCCC(O)/C=C(\C)c1ccccc1. The molecule has 0 aliphatic rings. The van der Waals surface area contributed by atoms with Gasteiger partial charge in [-0.3, -0.25) is 0 Å². The third kappa shape index (κ3) is 4.30. The van der Waals surface area contributed by atoms with Gasteiger partial charge in [0, 0.05) is 0 Å². The van der Waals surface area contributed by atoms with Crippen molar-refractivity contribution in [3.05, 3.63) is 42.0 Å². The van der Waals surface area contributed by atoms with E-state index in [1.807, 2.05) is 31.2 Å². The molecule has 0 saturated heterocycles. The molecule has 1 aromatic carbocycles. The molecule has 1 nitrogen and oxygen atoms in total. The van der Waals surface area contributed by atoms with E-state index in [0.29, 0.717) is 0 Å². The first-order valence-electron chi connectivity index (χ1n) is 5.66. The molecule has 0 saturated carbocycles. The van der Waals surface area contributed by atoms with Gasteiger partial charge in [0.05, 0.1) is 6.10 Å². The van der Waals surface area contributed by atoms with Crippen LogP contribution >= 0.6 is 0 Å². The Kier molecular flexibility index (Phi) is 5.13. The molecule has 1 heteroatoms. The van der Waals surface area contributed by atoms with Crippen molar-refractivity contribution < 1.29 is 5.11 Å². The van der Waals surface area contributed by atoms with Crippen molar-refractivity contribution in [1.82, 2.24) is 0 Å². The van der Waals surface area contributed by atoms with Crippen molar-refractivity contribution in [2.45, 2.75) is 39.2 Å². The minimum absolute atomic E-state index is 0.301. The Bertz CT molecular complexity index is 300. The first-order chi connectivity index (χ1) is 7.24. The van der Waals surface area contributed by atoms with Crippen LogP contribution in [0.3, 0.4) is 0 Å². The number of unbranched alkanes of at least 4 members (excludes halogenated alkanes) is 1. The van der Waals surface area contributed by atoms with Crippen LogP contribution in [0.1, 0.15) is 38.7 Å². The minimum atomic E-state index is -0.301. The molecule has 0 heterocycles. The normalized spacial score (nSPS) is 13.9. The highest BCUT2D eigenvalue weighted by Crippen LogP contribution is 2.15. The van der Waals surface area contributed by atoms with Gasteiger partial charge in [-0.1, -0.05) is 56.2 Å². The highest BCUT2D eigenvalue weighted by Gasteiger charge is 2.01. The zero-order valence-electron chi connectivity index (χ0n) is 9.61. The molecule has 0 fully saturated rings. The van der Waals surface area contributed by atoms with E-state index in [9.17, 15) is 5.11 Å². The second-order valence-corrected chi connectivity index (χ2v) is 3.93. The van der Waals surface area contributed by atoms with Crippen LogP contribution in [0.15, 0.2) is 36.4 Å². The van der Waals surface area contributed by atoms with Gasteiger partial charge in [-0.2, -0.15) is 0 Å². The smallest absolute Gasteiger partial charge is 0.0726 e. The molecule has 0 radical (unpaired) electrons. The van der Waals surface area contributed by atoms with Gasteiger partial charge < -0.3 is 5.11 Å². The fraction of sp³-hybridized carbons (Fsp3) is 0.429. The highest BCUT2D eigenvalue weighted by atomic mass is 16.3. The molecule has 0 spiro atoms. The quantitative estimate of drug-likeness (QED) is 0.776. The van der Waals surface area contributed by atoms with E-state index in [2.05, 4.69) is 19.1 Å². The van der Waals surface area contributed by atoms with E-state index in [4.69, 9.17) is 0 Å². The number of aliphatic hydroxyl groups excluding tert-OH is 1. The molecule has 1 rings (SSSR count). The monoisotopic (exact) mass is 204 g/mol. The van der Waals surface area contributed by atoms with Crippen LogP contribution in [0, 0.1) is 0 Å². The number of allylic oxidation sites excluding steroid dienone is 1. The van der Waals surface area contributed by atoms with Crippen molar-refractivity contribution in [2.75, 3.05) is 0 Å². The summed E-state index contributed by atoms with van der Waals surface area (Å²) < 4.78 is 0. The van der Waals surface area contributed by atoms with Gasteiger partial charge in [0.1, 0.15) is 0 Å². The molecule has 1 aromatic rings. The molecule has 0 bridgehead atoms. The molecule has 0 aromatic heterocycles. The van der Waals surface area contributed by atoms with Crippen LogP contribution in [-0.4, -0.2) is 11.2 Å². The Morgan fingerprint density at radius 3 is 2.60 bits per heavy atom. The highest BCUT2D eigenvalue weighted by molar-refractivity contribution is 5.63. The van der Waals surface area contributed by atoms with Crippen molar-refractivity contribution in [3.8, 4) is 0 Å². The molecule has 15 heavy (non-hydrogen) atoms. The molecule has 0 aliphatic heterocycles. The molecular formula is C14H20O. The summed E-state index contributed by atoms with van der Waals surface area (Å²) in [7, 11) is 0. The lowest BCUT2D eigenvalue weighted by atomic mass is 10.0. The van der Waals surface area contributed by atoms with Gasteiger partial charge in [0.25, 0.3) is 0 Å². The molecular weight excluding hydrogens is 184 g/mol. The lowest BCUT2D eigenvalue weighted by Gasteiger charge is -2.07. The number of aliphatic hydroxyl groups is 1. The number of rotatable bonds is 5. The summed E-state index contributed by atoms with van der Waals surface area (Å²) in [6.07, 6.45) is 4.73. The van der Waals surface area contributed by atoms with Crippen molar-refractivity contribution in [2.24, 2.45) is 0 Å². The molecule has 1 N–H and O–H groups in total. The van der Waals surface area contributed by atoms with E-state index in [1.54, 1.807) is 0 Å². The second kappa shape index (κ2) is 6.41. The van der Waals surface area contributed by atoms with Gasteiger partial charge in [0.2, 0.25) is 0 Å². The topological polar surface area (TPSA) is 20.2 Å². The van der Waals surface area contributed by atoms with Crippen LogP contribution in [-0.2, 0) is 0 Å². The Morgan fingerprint density at radius 1 is 1.33 bits per heavy atom. The van der Waals surface area contributed by atoms with Gasteiger partial charge in [-0.15, -0.1) is 0 Å². The molecule has 0 aliphatic carbocycles. The van der Waals surface area contributed by atoms with Gasteiger partial charge in [-0.05, 0) is 24.5 Å². The van der Waals surface area contributed by atoms with E-state index in [1.165, 1.54) is 5.56 Å². The van der Waals surface area contributed by atoms with Gasteiger partial charge in [0.15, 0.2) is 0 Å². The maximum atomic E-state index is 9.74. The van der Waals surface area contributed by atoms with Gasteiger partial charge >= 0.3 is 0 Å². The summed E-state index contributed by atoms with van der Waals surface area (Å²) in [4.78, 5) is 0. The fourth-order valence-electron chi connectivity index (χ4n) is 1.58. The number of hydrogen-bond donors (Lipinski definition) is 1. The number of benzene rings is 1. The Hall–Kier alpha value is -1.08. The van der Waals surface area contributed by atoms with Crippen LogP contribution in [0.5, 0.6) is 0 Å². The largest absolute Gasteiger partial charge is 0.389 e. The average molecular weight is 204 g/mol. The standard InChI is InChI=1S/C14H20O/c1-3-4-10-14(15)11-12(2)13-8-6-5-7-9-13/h5-9,11,14-15H,3-4,10H2,1-2H3/b12-11+. The van der Waals surface area contributed by atoms with E-state index in [0.717, 1.165) is 24.8 Å². The van der Waals surface area contributed by atoms with Crippen LogP contribution in [0.25, 0.3) is 5.57 Å². The predicted octanol–water partition coefficient (Wildman–Crippen LogP) is 3.64. The van der Waals surface area contributed by atoms with E-state index in [-0.39, 0.29) is 6.10 Å². The van der Waals surface area contributed by atoms with Gasteiger partial charge in [-0.25, -0.2) is 0 Å². The summed E-state index contributed by atoms with van der Waals surface area (Å²) in [5.41, 5.74) is 2.34. The van der Waals surface area contributed by atoms with E-state index < -0.39 is 0 Å². The van der Waals surface area contributed by atoms with Crippen LogP contribution in [0.2, 0.25) is 0 Å². The van der Waals surface area contributed by atoms with E-state index >= 15 is 0 Å². The molecule has 1 unspecified atom stereocenters. The molecule has 0 amide bonds. The predicted molar refractivity (Wildman–Crippen MR) is 65.6 cm³/mol. The Labute approximate surface area is 92.5 Å². The number of hydrogen-bond acceptors (Lipinski definition) is 1. The summed E-state index contributed by atoms with van der Waals surface area (Å²) in [6.45, 7) is 4.19.